The van der Waals surface area contributed by atoms with E-state index >= 15 is 0 Å². The van der Waals surface area contributed by atoms with Gasteiger partial charge in [0, 0.05) is 17.4 Å². The summed E-state index contributed by atoms with van der Waals surface area (Å²) >= 11 is 1.73. The zero-order valence-electron chi connectivity index (χ0n) is 22.6. The Morgan fingerprint density at radius 1 is 1.07 bits per heavy atom. The number of imidazole rings is 1. The molecular formula is C26H33FN7O4PS. The fourth-order valence-corrected chi connectivity index (χ4v) is 7.28. The van der Waals surface area contributed by atoms with Gasteiger partial charge in [-0.2, -0.15) is 9.67 Å². The van der Waals surface area contributed by atoms with Crippen LogP contribution in [0.4, 0.5) is 4.39 Å². The molecule has 40 heavy (non-hydrogen) atoms. The molecule has 0 atom stereocenters. The van der Waals surface area contributed by atoms with Crippen molar-refractivity contribution in [2.75, 3.05) is 32.6 Å². The molecule has 1 aliphatic carbocycles. The number of halogens is 1. The third-order valence-corrected chi connectivity index (χ3v) is 9.82. The molecule has 214 valence electrons. The summed E-state index contributed by atoms with van der Waals surface area (Å²) in [7, 11) is -3.15. The lowest BCUT2D eigenvalue weighted by atomic mass is 10.2. The second-order valence-corrected chi connectivity index (χ2v) is 12.8. The Morgan fingerprint density at radius 3 is 2.55 bits per heavy atom. The molecule has 5 rings (SSSR count). The van der Waals surface area contributed by atoms with Crippen molar-refractivity contribution in [3.8, 4) is 17.2 Å². The van der Waals surface area contributed by atoms with Gasteiger partial charge < -0.3 is 18.4 Å². The minimum atomic E-state index is -3.15. The summed E-state index contributed by atoms with van der Waals surface area (Å²) in [6, 6.07) is 6.10. The second-order valence-electron chi connectivity index (χ2n) is 9.30. The van der Waals surface area contributed by atoms with Crippen molar-refractivity contribution in [3.63, 3.8) is 0 Å². The monoisotopic (exact) mass is 589 g/mol. The van der Waals surface area contributed by atoms with Crippen molar-refractivity contribution in [1.82, 2.24) is 34.5 Å². The van der Waals surface area contributed by atoms with E-state index in [2.05, 4.69) is 15.3 Å². The highest BCUT2D eigenvalue weighted by Crippen LogP contribution is 2.47. The Labute approximate surface area is 236 Å². The number of benzene rings is 1. The lowest BCUT2D eigenvalue weighted by Crippen LogP contribution is -2.11. The fraction of sp³-hybridized carbons (Fsp3) is 0.500. The predicted molar refractivity (Wildman–Crippen MR) is 150 cm³/mol. The molecule has 3 heterocycles. The minimum Gasteiger partial charge on any atom is -0.379 e. The first-order chi connectivity index (χ1) is 19.5. The molecule has 1 saturated carbocycles. The van der Waals surface area contributed by atoms with E-state index < -0.39 is 7.60 Å². The molecule has 0 spiro atoms. The first kappa shape index (κ1) is 28.8. The van der Waals surface area contributed by atoms with Gasteiger partial charge in [-0.25, -0.2) is 14.4 Å². The Morgan fingerprint density at radius 2 is 1.82 bits per heavy atom. The first-order valence-electron chi connectivity index (χ1n) is 13.5. The van der Waals surface area contributed by atoms with Crippen LogP contribution >= 0.6 is 19.4 Å². The van der Waals surface area contributed by atoms with Crippen molar-refractivity contribution >= 4 is 30.5 Å². The van der Waals surface area contributed by atoms with Gasteiger partial charge in [0.05, 0.1) is 45.1 Å². The van der Waals surface area contributed by atoms with Crippen molar-refractivity contribution in [1.29, 1.82) is 0 Å². The summed E-state index contributed by atoms with van der Waals surface area (Å²) in [5.74, 6) is 0.0687. The summed E-state index contributed by atoms with van der Waals surface area (Å²) in [5.41, 5.74) is 2.74. The molecule has 4 aromatic rings. The topological polar surface area (TPSA) is 119 Å². The second kappa shape index (κ2) is 13.3. The van der Waals surface area contributed by atoms with Crippen LogP contribution in [0.5, 0.6) is 0 Å². The molecule has 0 bridgehead atoms. The van der Waals surface area contributed by atoms with Gasteiger partial charge >= 0.3 is 7.60 Å². The molecule has 11 nitrogen and oxygen atoms in total. The van der Waals surface area contributed by atoms with E-state index in [4.69, 9.17) is 23.8 Å². The van der Waals surface area contributed by atoms with E-state index in [0.717, 1.165) is 28.9 Å². The summed E-state index contributed by atoms with van der Waals surface area (Å²) in [5, 5.41) is 9.79. The zero-order chi connectivity index (χ0) is 28.0. The number of aromatic nitrogens is 7. The standard InChI is InChI=1S/C26H33FN7O4PS/c1-3-37-39(35,38-4-2)16-15-36-14-13-33-18-28-23-24(33)29-26(30-25(23)40-21-7-5-6-8-21)34-17-22(31-32-34)19-9-11-20(27)12-10-19/h9-12,17-18,21H,3-8,13-16H2,1-2H3. The molecule has 1 aliphatic rings. The minimum absolute atomic E-state index is 0.191. The van der Waals surface area contributed by atoms with E-state index in [0.29, 0.717) is 48.9 Å². The Hall–Kier alpha value is -2.70. The average Bonchev–Trinajstić information content (AvgIpc) is 3.71. The van der Waals surface area contributed by atoms with Gasteiger partial charge in [0.2, 0.25) is 0 Å². The van der Waals surface area contributed by atoms with Gasteiger partial charge in [0.25, 0.3) is 5.95 Å². The van der Waals surface area contributed by atoms with Crippen LogP contribution in [0.3, 0.4) is 0 Å². The third-order valence-electron chi connectivity index (χ3n) is 6.48. The molecule has 3 aromatic heterocycles. The Kier molecular flexibility index (Phi) is 9.59. The fourth-order valence-electron chi connectivity index (χ4n) is 4.54. The van der Waals surface area contributed by atoms with E-state index in [-0.39, 0.29) is 18.6 Å². The summed E-state index contributed by atoms with van der Waals surface area (Å²) in [6.07, 6.45) is 8.38. The van der Waals surface area contributed by atoms with Gasteiger partial charge in [-0.15, -0.1) is 16.9 Å². The van der Waals surface area contributed by atoms with Gasteiger partial charge in [-0.1, -0.05) is 18.1 Å². The maximum Gasteiger partial charge on any atom is 0.332 e. The Balaban J connectivity index is 1.35. The molecule has 1 aromatic carbocycles. The van der Waals surface area contributed by atoms with Gasteiger partial charge in [0.1, 0.15) is 22.1 Å². The van der Waals surface area contributed by atoms with Crippen molar-refractivity contribution in [2.45, 2.75) is 56.4 Å². The third kappa shape index (κ3) is 6.95. The number of rotatable bonds is 14. The van der Waals surface area contributed by atoms with Crippen LogP contribution in [0.25, 0.3) is 28.4 Å². The number of hydrogen-bond acceptors (Lipinski definition) is 10. The smallest absolute Gasteiger partial charge is 0.332 e. The van der Waals surface area contributed by atoms with Crippen LogP contribution < -0.4 is 0 Å². The van der Waals surface area contributed by atoms with E-state index in [9.17, 15) is 8.96 Å². The van der Waals surface area contributed by atoms with Crippen LogP contribution in [0.1, 0.15) is 39.5 Å². The lowest BCUT2D eigenvalue weighted by molar-refractivity contribution is 0.132. The normalized spacial score (nSPS) is 14.5. The summed E-state index contributed by atoms with van der Waals surface area (Å²) in [4.78, 5) is 14.3. The molecule has 0 amide bonds. The van der Waals surface area contributed by atoms with Crippen molar-refractivity contribution < 1.29 is 22.7 Å². The van der Waals surface area contributed by atoms with Crippen LogP contribution in [0.15, 0.2) is 41.8 Å². The van der Waals surface area contributed by atoms with Crippen LogP contribution in [0, 0.1) is 5.82 Å². The van der Waals surface area contributed by atoms with E-state index in [1.807, 2.05) is 4.57 Å². The first-order valence-corrected chi connectivity index (χ1v) is 16.1. The summed E-state index contributed by atoms with van der Waals surface area (Å²) in [6.45, 7) is 5.32. The van der Waals surface area contributed by atoms with E-state index in [1.165, 1.54) is 29.7 Å². The molecule has 0 unspecified atom stereocenters. The maximum absolute atomic E-state index is 13.4. The van der Waals surface area contributed by atoms with Crippen molar-refractivity contribution in [2.24, 2.45) is 0 Å². The Bertz CT molecular complexity index is 1450. The number of nitrogens with zero attached hydrogens (tertiary/aromatic N) is 7. The highest BCUT2D eigenvalue weighted by Gasteiger charge is 2.24. The number of thioether (sulfide) groups is 1. The van der Waals surface area contributed by atoms with E-state index in [1.54, 1.807) is 50.3 Å². The van der Waals surface area contributed by atoms with Gasteiger partial charge in [-0.05, 0) is 51.0 Å². The molecule has 0 radical (unpaired) electrons. The quantitative estimate of drug-likeness (QED) is 0.105. The molecule has 0 N–H and O–H groups in total. The molecule has 0 aliphatic heterocycles. The average molecular weight is 590 g/mol. The number of hydrogen-bond donors (Lipinski definition) is 0. The SMILES string of the molecule is CCOP(=O)(CCOCCn1cnc2c(SC3CCCC3)nc(-n3cc(-c4ccc(F)cc4)nn3)nc21)OCC. The van der Waals surface area contributed by atoms with Crippen LogP contribution in [-0.4, -0.2) is 72.4 Å². The zero-order valence-corrected chi connectivity index (χ0v) is 24.3. The molecule has 0 saturated heterocycles. The van der Waals surface area contributed by atoms with Crippen molar-refractivity contribution in [3.05, 3.63) is 42.6 Å². The predicted octanol–water partition coefficient (Wildman–Crippen LogP) is 5.53. The molecule has 14 heteroatoms. The van der Waals surface area contributed by atoms with Crippen LogP contribution in [-0.2, 0) is 24.9 Å². The summed E-state index contributed by atoms with van der Waals surface area (Å²) < 4.78 is 45.9. The number of ether oxygens (including phenoxy) is 1. The largest absolute Gasteiger partial charge is 0.379 e. The van der Waals surface area contributed by atoms with Gasteiger partial charge in [-0.3, -0.25) is 4.57 Å². The van der Waals surface area contributed by atoms with Gasteiger partial charge in [0.15, 0.2) is 5.65 Å². The highest BCUT2D eigenvalue weighted by atomic mass is 32.2. The highest BCUT2D eigenvalue weighted by molar-refractivity contribution is 8.00. The maximum atomic E-state index is 13.4. The number of fused-ring (bicyclic) bond motifs is 1. The molecular weight excluding hydrogens is 556 g/mol. The lowest BCUT2D eigenvalue weighted by Gasteiger charge is -2.16. The molecule has 1 fully saturated rings. The van der Waals surface area contributed by atoms with Crippen LogP contribution in [0.2, 0.25) is 0 Å².